The van der Waals surface area contributed by atoms with Gasteiger partial charge in [-0.1, -0.05) is 6.92 Å². The van der Waals surface area contributed by atoms with Crippen LogP contribution in [-0.4, -0.2) is 62.0 Å². The van der Waals surface area contributed by atoms with Gasteiger partial charge < -0.3 is 19.3 Å². The smallest absolute Gasteiger partial charge is 0.227 e. The maximum Gasteiger partial charge on any atom is 0.227 e. The molecule has 1 heterocycles. The number of nitrogens with zero attached hydrogens (tertiary/aromatic N) is 2. The van der Waals surface area contributed by atoms with Crippen molar-refractivity contribution in [2.24, 2.45) is 0 Å². The van der Waals surface area contributed by atoms with Gasteiger partial charge in [-0.3, -0.25) is 9.59 Å². The van der Waals surface area contributed by atoms with Crippen LogP contribution in [0.2, 0.25) is 0 Å². The number of methoxy groups -OCH3 is 2. The number of hydrogen-bond acceptors (Lipinski definition) is 4. The zero-order chi connectivity index (χ0) is 17.5. The van der Waals surface area contributed by atoms with E-state index in [1.807, 2.05) is 34.9 Å². The van der Waals surface area contributed by atoms with Crippen LogP contribution in [0.25, 0.3) is 0 Å². The van der Waals surface area contributed by atoms with Gasteiger partial charge in [0.05, 0.1) is 20.6 Å². The Kier molecular flexibility index (Phi) is 6.46. The summed E-state index contributed by atoms with van der Waals surface area (Å²) in [5.41, 5.74) is 0.813. The SMILES string of the molecule is CCC(=O)N1CCCN(C(=O)Cc2cc(OC)ccc2OC)CC1. The highest BCUT2D eigenvalue weighted by atomic mass is 16.5. The second-order valence-corrected chi connectivity index (χ2v) is 5.82. The van der Waals surface area contributed by atoms with Crippen molar-refractivity contribution >= 4 is 11.8 Å². The van der Waals surface area contributed by atoms with Gasteiger partial charge in [0.2, 0.25) is 11.8 Å². The van der Waals surface area contributed by atoms with Gasteiger partial charge in [-0.05, 0) is 24.6 Å². The molecule has 1 aliphatic rings. The second-order valence-electron chi connectivity index (χ2n) is 5.82. The summed E-state index contributed by atoms with van der Waals surface area (Å²) >= 11 is 0. The molecule has 0 saturated carbocycles. The molecule has 0 radical (unpaired) electrons. The molecule has 0 unspecified atom stereocenters. The van der Waals surface area contributed by atoms with Crippen molar-refractivity contribution in [1.29, 1.82) is 0 Å². The fourth-order valence-corrected chi connectivity index (χ4v) is 2.93. The van der Waals surface area contributed by atoms with E-state index < -0.39 is 0 Å². The van der Waals surface area contributed by atoms with Gasteiger partial charge in [0.15, 0.2) is 0 Å². The highest BCUT2D eigenvalue weighted by Crippen LogP contribution is 2.25. The van der Waals surface area contributed by atoms with Crippen LogP contribution in [0.5, 0.6) is 11.5 Å². The van der Waals surface area contributed by atoms with E-state index in [1.54, 1.807) is 14.2 Å². The molecule has 1 aromatic rings. The van der Waals surface area contributed by atoms with Gasteiger partial charge >= 0.3 is 0 Å². The van der Waals surface area contributed by atoms with Gasteiger partial charge in [0, 0.05) is 38.2 Å². The topological polar surface area (TPSA) is 59.1 Å². The summed E-state index contributed by atoms with van der Waals surface area (Å²) in [6.45, 7) is 4.45. The molecular weight excluding hydrogens is 308 g/mol. The van der Waals surface area contributed by atoms with Crippen LogP contribution >= 0.6 is 0 Å². The molecule has 0 bridgehead atoms. The lowest BCUT2D eigenvalue weighted by molar-refractivity contribution is -0.133. The first kappa shape index (κ1) is 18.1. The summed E-state index contributed by atoms with van der Waals surface area (Å²) in [5.74, 6) is 1.59. The lowest BCUT2D eigenvalue weighted by Gasteiger charge is -2.22. The van der Waals surface area contributed by atoms with E-state index in [9.17, 15) is 9.59 Å². The predicted molar refractivity (Wildman–Crippen MR) is 91.3 cm³/mol. The van der Waals surface area contributed by atoms with Crippen LogP contribution in [-0.2, 0) is 16.0 Å². The fraction of sp³-hybridized carbons (Fsp3) is 0.556. The molecule has 2 rings (SSSR count). The Morgan fingerprint density at radius 2 is 1.67 bits per heavy atom. The first-order valence-electron chi connectivity index (χ1n) is 8.35. The van der Waals surface area contributed by atoms with E-state index in [0.29, 0.717) is 37.6 Å². The average molecular weight is 334 g/mol. The lowest BCUT2D eigenvalue weighted by Crippen LogP contribution is -2.37. The van der Waals surface area contributed by atoms with Crippen LogP contribution in [0.3, 0.4) is 0 Å². The number of benzene rings is 1. The molecule has 1 aliphatic heterocycles. The highest BCUT2D eigenvalue weighted by molar-refractivity contribution is 5.80. The third-order valence-electron chi connectivity index (χ3n) is 4.33. The Labute approximate surface area is 143 Å². The molecule has 0 aromatic heterocycles. The monoisotopic (exact) mass is 334 g/mol. The van der Waals surface area contributed by atoms with Crippen LogP contribution in [0, 0.1) is 0 Å². The minimum absolute atomic E-state index is 0.0485. The number of carbonyl (C=O) groups excluding carboxylic acids is 2. The Morgan fingerprint density at radius 1 is 1.00 bits per heavy atom. The van der Waals surface area contributed by atoms with Crippen LogP contribution in [0.1, 0.15) is 25.3 Å². The van der Waals surface area contributed by atoms with Crippen molar-refractivity contribution < 1.29 is 19.1 Å². The van der Waals surface area contributed by atoms with Crippen molar-refractivity contribution in [2.45, 2.75) is 26.2 Å². The van der Waals surface area contributed by atoms with Crippen LogP contribution in [0.15, 0.2) is 18.2 Å². The molecule has 0 aliphatic carbocycles. The predicted octanol–water partition coefficient (Wildman–Crippen LogP) is 1.72. The van der Waals surface area contributed by atoms with Gasteiger partial charge in [-0.15, -0.1) is 0 Å². The van der Waals surface area contributed by atoms with E-state index in [4.69, 9.17) is 9.47 Å². The van der Waals surface area contributed by atoms with Crippen LogP contribution in [0.4, 0.5) is 0 Å². The van der Waals surface area contributed by atoms with Crippen LogP contribution < -0.4 is 9.47 Å². The first-order valence-corrected chi connectivity index (χ1v) is 8.35. The number of amides is 2. The largest absolute Gasteiger partial charge is 0.497 e. The second kappa shape index (κ2) is 8.57. The van der Waals surface area contributed by atoms with Crippen molar-refractivity contribution in [3.05, 3.63) is 23.8 Å². The summed E-state index contributed by atoms with van der Waals surface area (Å²) in [7, 11) is 3.19. The van der Waals surface area contributed by atoms with Crippen molar-refractivity contribution in [3.8, 4) is 11.5 Å². The number of hydrogen-bond donors (Lipinski definition) is 0. The average Bonchev–Trinajstić information content (AvgIpc) is 2.87. The minimum atomic E-state index is 0.0485. The lowest BCUT2D eigenvalue weighted by atomic mass is 10.1. The summed E-state index contributed by atoms with van der Waals surface area (Å²) in [5, 5.41) is 0. The number of carbonyl (C=O) groups is 2. The van der Waals surface area contributed by atoms with Gasteiger partial charge in [0.25, 0.3) is 0 Å². The Morgan fingerprint density at radius 3 is 2.25 bits per heavy atom. The van der Waals surface area contributed by atoms with Gasteiger partial charge in [-0.2, -0.15) is 0 Å². The van der Waals surface area contributed by atoms with Gasteiger partial charge in [0.1, 0.15) is 11.5 Å². The maximum atomic E-state index is 12.7. The maximum absolute atomic E-state index is 12.7. The Balaban J connectivity index is 2.03. The van der Waals surface area contributed by atoms with E-state index in [-0.39, 0.29) is 18.2 Å². The Bertz CT molecular complexity index is 588. The molecule has 0 N–H and O–H groups in total. The molecular formula is C18H26N2O4. The van der Waals surface area contributed by atoms with Crippen molar-refractivity contribution in [2.75, 3.05) is 40.4 Å². The molecule has 2 amide bonds. The summed E-state index contributed by atoms with van der Waals surface area (Å²) in [6.07, 6.45) is 1.59. The molecule has 132 valence electrons. The van der Waals surface area contributed by atoms with Crippen molar-refractivity contribution in [1.82, 2.24) is 9.80 Å². The quantitative estimate of drug-likeness (QED) is 0.823. The third kappa shape index (κ3) is 4.40. The van der Waals surface area contributed by atoms with E-state index in [0.717, 1.165) is 18.5 Å². The third-order valence-corrected chi connectivity index (χ3v) is 4.33. The molecule has 1 saturated heterocycles. The normalized spacial score (nSPS) is 15.0. The molecule has 1 aromatic carbocycles. The summed E-state index contributed by atoms with van der Waals surface area (Å²) in [4.78, 5) is 28.2. The molecule has 6 nitrogen and oxygen atoms in total. The molecule has 0 atom stereocenters. The summed E-state index contributed by atoms with van der Waals surface area (Å²) < 4.78 is 10.6. The van der Waals surface area contributed by atoms with E-state index in [2.05, 4.69) is 0 Å². The molecule has 1 fully saturated rings. The Hall–Kier alpha value is -2.24. The zero-order valence-electron chi connectivity index (χ0n) is 14.7. The van der Waals surface area contributed by atoms with Gasteiger partial charge in [-0.25, -0.2) is 0 Å². The van der Waals surface area contributed by atoms with E-state index >= 15 is 0 Å². The number of rotatable bonds is 5. The zero-order valence-corrected chi connectivity index (χ0v) is 14.7. The standard InChI is InChI=1S/C18H26N2O4/c1-4-17(21)19-8-5-9-20(11-10-19)18(22)13-14-12-15(23-2)6-7-16(14)24-3/h6-7,12H,4-5,8-11,13H2,1-3H3. The number of ether oxygens (including phenoxy) is 2. The molecule has 0 spiro atoms. The minimum Gasteiger partial charge on any atom is -0.497 e. The summed E-state index contributed by atoms with van der Waals surface area (Å²) in [6, 6.07) is 5.46. The van der Waals surface area contributed by atoms with E-state index in [1.165, 1.54) is 0 Å². The molecule has 6 heteroatoms. The molecule has 24 heavy (non-hydrogen) atoms. The fourth-order valence-electron chi connectivity index (χ4n) is 2.93. The van der Waals surface area contributed by atoms with Crippen molar-refractivity contribution in [3.63, 3.8) is 0 Å². The first-order chi connectivity index (χ1) is 11.6. The highest BCUT2D eigenvalue weighted by Gasteiger charge is 2.22.